The summed E-state index contributed by atoms with van der Waals surface area (Å²) in [5, 5.41) is 19.6. The molecule has 0 aliphatic heterocycles. The van der Waals surface area contributed by atoms with E-state index < -0.39 is 5.97 Å². The molecule has 0 aliphatic rings. The average molecular weight is 159 g/mol. The maximum atomic E-state index is 10.1. The molecular weight excluding hydrogens is 146 g/mol. The number of hydrogen-bond acceptors (Lipinski definition) is 3. The smallest absolute Gasteiger partial charge is 0.309 e. The van der Waals surface area contributed by atoms with Crippen LogP contribution in [-0.4, -0.2) is 22.0 Å². The second kappa shape index (κ2) is 5.70. The summed E-state index contributed by atoms with van der Waals surface area (Å²) in [5.41, 5.74) is 0.347. The van der Waals surface area contributed by atoms with Crippen molar-refractivity contribution in [2.24, 2.45) is 5.16 Å². The Bertz CT molecular complexity index is 154. The van der Waals surface area contributed by atoms with Gasteiger partial charge in [0.25, 0.3) is 0 Å². The highest BCUT2D eigenvalue weighted by atomic mass is 16.4. The second-order valence-electron chi connectivity index (χ2n) is 2.34. The molecule has 0 unspecified atom stereocenters. The van der Waals surface area contributed by atoms with Crippen molar-refractivity contribution in [2.75, 3.05) is 0 Å². The van der Waals surface area contributed by atoms with Gasteiger partial charge in [-0.05, 0) is 12.8 Å². The number of rotatable bonds is 5. The van der Waals surface area contributed by atoms with E-state index in [1.54, 1.807) is 0 Å². The Kier molecular flexibility index (Phi) is 5.15. The lowest BCUT2D eigenvalue weighted by atomic mass is 10.1. The Labute approximate surface area is 65.5 Å². The fourth-order valence-corrected chi connectivity index (χ4v) is 0.729. The molecule has 0 aromatic rings. The van der Waals surface area contributed by atoms with E-state index in [0.29, 0.717) is 12.1 Å². The van der Waals surface area contributed by atoms with Gasteiger partial charge in [-0.3, -0.25) is 4.79 Å². The topological polar surface area (TPSA) is 69.9 Å². The van der Waals surface area contributed by atoms with Crippen LogP contribution in [0.3, 0.4) is 0 Å². The summed E-state index contributed by atoms with van der Waals surface area (Å²) in [4.78, 5) is 10.1. The molecule has 0 atom stereocenters. The fraction of sp³-hybridized carbons (Fsp3) is 0.714. The Morgan fingerprint density at radius 1 is 1.55 bits per heavy atom. The minimum atomic E-state index is -0.950. The molecule has 0 saturated heterocycles. The largest absolute Gasteiger partial charge is 0.481 e. The summed E-state index contributed by atoms with van der Waals surface area (Å²) >= 11 is 0. The van der Waals surface area contributed by atoms with Gasteiger partial charge in [-0.25, -0.2) is 0 Å². The first-order valence-corrected chi connectivity index (χ1v) is 3.62. The van der Waals surface area contributed by atoms with Crippen LogP contribution in [0.2, 0.25) is 0 Å². The maximum Gasteiger partial charge on any atom is 0.309 e. The van der Waals surface area contributed by atoms with Crippen molar-refractivity contribution >= 4 is 11.7 Å². The van der Waals surface area contributed by atoms with Crippen LogP contribution in [0.5, 0.6) is 0 Å². The number of carboxylic acid groups (broad SMARTS) is 1. The number of carboxylic acids is 1. The standard InChI is InChI=1S/C7H13NO3/c1-2-3-4-6(8-11)5-7(9)10/h11H,2-5H2,1H3,(H,9,10). The first-order valence-electron chi connectivity index (χ1n) is 3.62. The van der Waals surface area contributed by atoms with Crippen LogP contribution in [0.1, 0.15) is 32.6 Å². The third-order valence-corrected chi connectivity index (χ3v) is 1.32. The molecule has 0 radical (unpaired) electrons. The Morgan fingerprint density at radius 3 is 2.55 bits per heavy atom. The van der Waals surface area contributed by atoms with E-state index in [-0.39, 0.29) is 6.42 Å². The number of aliphatic carboxylic acids is 1. The van der Waals surface area contributed by atoms with Crippen LogP contribution in [0.4, 0.5) is 0 Å². The molecule has 0 saturated carbocycles. The number of unbranched alkanes of at least 4 members (excludes halogenated alkanes) is 1. The summed E-state index contributed by atoms with van der Waals surface area (Å²) in [7, 11) is 0. The van der Waals surface area contributed by atoms with Gasteiger partial charge in [-0.2, -0.15) is 0 Å². The molecule has 0 heterocycles. The Hall–Kier alpha value is -1.06. The van der Waals surface area contributed by atoms with E-state index in [9.17, 15) is 4.79 Å². The minimum absolute atomic E-state index is 0.156. The first kappa shape index (κ1) is 9.94. The van der Waals surface area contributed by atoms with E-state index in [4.69, 9.17) is 10.3 Å². The highest BCUT2D eigenvalue weighted by Gasteiger charge is 2.04. The molecule has 0 aliphatic carbocycles. The summed E-state index contributed by atoms with van der Waals surface area (Å²) < 4.78 is 0. The van der Waals surface area contributed by atoms with Crippen molar-refractivity contribution in [1.82, 2.24) is 0 Å². The maximum absolute atomic E-state index is 10.1. The van der Waals surface area contributed by atoms with Gasteiger partial charge in [0.1, 0.15) is 0 Å². The van der Waals surface area contributed by atoms with Crippen molar-refractivity contribution in [3.63, 3.8) is 0 Å². The molecule has 0 fully saturated rings. The first-order chi connectivity index (χ1) is 5.20. The third-order valence-electron chi connectivity index (χ3n) is 1.32. The van der Waals surface area contributed by atoms with Crippen LogP contribution in [0.25, 0.3) is 0 Å². The Morgan fingerprint density at radius 2 is 2.18 bits per heavy atom. The number of carbonyl (C=O) groups is 1. The van der Waals surface area contributed by atoms with Crippen LogP contribution in [0.15, 0.2) is 5.16 Å². The SMILES string of the molecule is CCCCC(CC(=O)O)=NO. The molecule has 0 aromatic carbocycles. The van der Waals surface area contributed by atoms with Gasteiger partial charge in [0, 0.05) is 0 Å². The molecule has 0 rings (SSSR count). The van der Waals surface area contributed by atoms with Gasteiger partial charge in [0.05, 0.1) is 12.1 Å². The van der Waals surface area contributed by atoms with Gasteiger partial charge >= 0.3 is 5.97 Å². The zero-order chi connectivity index (χ0) is 8.69. The van der Waals surface area contributed by atoms with Gasteiger partial charge < -0.3 is 10.3 Å². The van der Waals surface area contributed by atoms with Crippen molar-refractivity contribution in [2.45, 2.75) is 32.6 Å². The molecule has 0 bridgehead atoms. The van der Waals surface area contributed by atoms with Gasteiger partial charge in [-0.15, -0.1) is 0 Å². The highest BCUT2D eigenvalue weighted by molar-refractivity contribution is 5.97. The molecule has 2 N–H and O–H groups in total. The summed E-state index contributed by atoms with van der Waals surface area (Å²) in [6, 6.07) is 0. The van der Waals surface area contributed by atoms with E-state index in [0.717, 1.165) is 12.8 Å². The second-order valence-corrected chi connectivity index (χ2v) is 2.34. The van der Waals surface area contributed by atoms with Gasteiger partial charge in [-0.1, -0.05) is 18.5 Å². The van der Waals surface area contributed by atoms with Crippen LogP contribution < -0.4 is 0 Å². The van der Waals surface area contributed by atoms with Crippen molar-refractivity contribution in [1.29, 1.82) is 0 Å². The minimum Gasteiger partial charge on any atom is -0.481 e. The average Bonchev–Trinajstić information content (AvgIpc) is 1.97. The highest BCUT2D eigenvalue weighted by Crippen LogP contribution is 2.00. The summed E-state index contributed by atoms with van der Waals surface area (Å²) in [6.07, 6.45) is 2.25. The molecule has 11 heavy (non-hydrogen) atoms. The van der Waals surface area contributed by atoms with Crippen molar-refractivity contribution in [3.05, 3.63) is 0 Å². The van der Waals surface area contributed by atoms with Crippen LogP contribution in [0, 0.1) is 0 Å². The normalized spacial score (nSPS) is 11.5. The van der Waals surface area contributed by atoms with Crippen LogP contribution >= 0.6 is 0 Å². The lowest BCUT2D eigenvalue weighted by molar-refractivity contribution is -0.135. The molecule has 4 nitrogen and oxygen atoms in total. The van der Waals surface area contributed by atoms with Crippen molar-refractivity contribution < 1.29 is 15.1 Å². The fourth-order valence-electron chi connectivity index (χ4n) is 0.729. The Balaban J connectivity index is 3.69. The molecule has 0 aromatic heterocycles. The lowest BCUT2D eigenvalue weighted by Crippen LogP contribution is -2.06. The van der Waals surface area contributed by atoms with E-state index in [1.807, 2.05) is 6.92 Å². The molecule has 0 amide bonds. The lowest BCUT2D eigenvalue weighted by Gasteiger charge is -1.97. The monoisotopic (exact) mass is 159 g/mol. The quantitative estimate of drug-likeness (QED) is 0.362. The molecule has 64 valence electrons. The summed E-state index contributed by atoms with van der Waals surface area (Å²) in [5.74, 6) is -0.950. The van der Waals surface area contributed by atoms with Crippen LogP contribution in [-0.2, 0) is 4.79 Å². The van der Waals surface area contributed by atoms with Crippen molar-refractivity contribution in [3.8, 4) is 0 Å². The summed E-state index contributed by atoms with van der Waals surface area (Å²) in [6.45, 7) is 2.00. The predicted octanol–water partition coefficient (Wildman–Crippen LogP) is 1.48. The van der Waals surface area contributed by atoms with Gasteiger partial charge in [0.2, 0.25) is 0 Å². The van der Waals surface area contributed by atoms with Gasteiger partial charge in [0.15, 0.2) is 0 Å². The number of nitrogens with zero attached hydrogens (tertiary/aromatic N) is 1. The van der Waals surface area contributed by atoms with E-state index >= 15 is 0 Å². The zero-order valence-corrected chi connectivity index (χ0v) is 6.58. The van der Waals surface area contributed by atoms with E-state index in [1.165, 1.54) is 0 Å². The number of hydrogen-bond donors (Lipinski definition) is 2. The molecule has 4 heteroatoms. The molecular formula is C7H13NO3. The third kappa shape index (κ3) is 5.39. The van der Waals surface area contributed by atoms with E-state index in [2.05, 4.69) is 5.16 Å². The number of oxime groups is 1. The molecule has 0 spiro atoms. The zero-order valence-electron chi connectivity index (χ0n) is 6.58. The predicted molar refractivity (Wildman–Crippen MR) is 41.0 cm³/mol.